The Morgan fingerprint density at radius 1 is 0.933 bits per heavy atom. The van der Waals surface area contributed by atoms with Gasteiger partial charge in [-0.15, -0.1) is 0 Å². The molecule has 1 nitrogen and oxygen atoms in total. The van der Waals surface area contributed by atoms with Crippen LogP contribution in [0.3, 0.4) is 0 Å². The van der Waals surface area contributed by atoms with E-state index in [9.17, 15) is 4.79 Å². The molecule has 0 bridgehead atoms. The highest BCUT2D eigenvalue weighted by Gasteiger charge is 1.90. The van der Waals surface area contributed by atoms with E-state index in [0.29, 0.717) is 0 Å². The van der Waals surface area contributed by atoms with Crippen molar-refractivity contribution in [1.29, 1.82) is 0 Å². The third-order valence-electron chi connectivity index (χ3n) is 2.05. The summed E-state index contributed by atoms with van der Waals surface area (Å²) in [6.45, 7) is 4.22. The average molecular weight is 206 g/mol. The predicted octanol–water partition coefficient (Wildman–Crippen LogP) is 4.21. The Balaban J connectivity index is 3.83. The standard InChI is InChI=1S/C14H22O/c1-3-5-7-8-10-12-14(13-15)11-9-6-4-2/h5-7,9,12-13H,3-4,8,10-11H2,1-2H3. The minimum absolute atomic E-state index is 0.773. The van der Waals surface area contributed by atoms with E-state index in [1.165, 1.54) is 0 Å². The first-order chi connectivity index (χ1) is 7.35. The lowest BCUT2D eigenvalue weighted by Crippen LogP contribution is -1.82. The molecule has 0 aliphatic rings. The third-order valence-corrected chi connectivity index (χ3v) is 2.05. The molecule has 0 aromatic rings. The molecular formula is C14H22O. The fraction of sp³-hybridized carbons (Fsp3) is 0.500. The molecule has 0 radical (unpaired) electrons. The van der Waals surface area contributed by atoms with Gasteiger partial charge in [-0.3, -0.25) is 4.79 Å². The Morgan fingerprint density at radius 2 is 1.60 bits per heavy atom. The number of allylic oxidation sites excluding steroid dienone is 6. The van der Waals surface area contributed by atoms with Gasteiger partial charge in [-0.05, 0) is 37.7 Å². The topological polar surface area (TPSA) is 17.1 Å². The van der Waals surface area contributed by atoms with Crippen LogP contribution in [0, 0.1) is 0 Å². The Hall–Kier alpha value is -1.11. The summed E-state index contributed by atoms with van der Waals surface area (Å²) in [5.41, 5.74) is 0.893. The van der Waals surface area contributed by atoms with E-state index in [1.54, 1.807) is 0 Å². The van der Waals surface area contributed by atoms with E-state index >= 15 is 0 Å². The number of hydrogen-bond donors (Lipinski definition) is 0. The van der Waals surface area contributed by atoms with Gasteiger partial charge in [0.15, 0.2) is 0 Å². The molecule has 84 valence electrons. The fourth-order valence-corrected chi connectivity index (χ4v) is 1.22. The summed E-state index contributed by atoms with van der Waals surface area (Å²) in [4.78, 5) is 10.7. The average Bonchev–Trinajstić information content (AvgIpc) is 2.26. The summed E-state index contributed by atoms with van der Waals surface area (Å²) in [7, 11) is 0. The minimum Gasteiger partial charge on any atom is -0.298 e. The molecular weight excluding hydrogens is 184 g/mol. The van der Waals surface area contributed by atoms with E-state index in [0.717, 1.165) is 44.0 Å². The van der Waals surface area contributed by atoms with Gasteiger partial charge in [0.2, 0.25) is 0 Å². The summed E-state index contributed by atoms with van der Waals surface area (Å²) in [5.74, 6) is 0. The zero-order valence-corrected chi connectivity index (χ0v) is 9.91. The molecule has 0 saturated heterocycles. The molecule has 0 aliphatic carbocycles. The first-order valence-electron chi connectivity index (χ1n) is 5.79. The Morgan fingerprint density at radius 3 is 2.20 bits per heavy atom. The van der Waals surface area contributed by atoms with E-state index in [-0.39, 0.29) is 0 Å². The highest BCUT2D eigenvalue weighted by molar-refractivity contribution is 5.73. The van der Waals surface area contributed by atoms with Crippen molar-refractivity contribution < 1.29 is 4.79 Å². The lowest BCUT2D eigenvalue weighted by Gasteiger charge is -1.94. The number of unbranched alkanes of at least 4 members (excludes halogenated alkanes) is 1. The van der Waals surface area contributed by atoms with Crippen LogP contribution in [0.1, 0.15) is 46.0 Å². The van der Waals surface area contributed by atoms with E-state index in [4.69, 9.17) is 0 Å². The molecule has 0 rings (SSSR count). The number of hydrogen-bond acceptors (Lipinski definition) is 1. The molecule has 0 heterocycles. The van der Waals surface area contributed by atoms with Gasteiger partial charge in [0.05, 0.1) is 0 Å². The maximum atomic E-state index is 10.7. The lowest BCUT2D eigenvalue weighted by atomic mass is 10.1. The monoisotopic (exact) mass is 206 g/mol. The molecule has 0 N–H and O–H groups in total. The highest BCUT2D eigenvalue weighted by atomic mass is 16.1. The third kappa shape index (κ3) is 9.20. The maximum absolute atomic E-state index is 10.7. The molecule has 0 spiro atoms. The van der Waals surface area contributed by atoms with Crippen LogP contribution in [0.4, 0.5) is 0 Å². The normalized spacial score (nSPS) is 12.8. The van der Waals surface area contributed by atoms with E-state index < -0.39 is 0 Å². The number of carbonyl (C=O) groups excluding carboxylic acids is 1. The second-order valence-corrected chi connectivity index (χ2v) is 3.44. The quantitative estimate of drug-likeness (QED) is 0.251. The first-order valence-corrected chi connectivity index (χ1v) is 5.79. The number of carbonyl (C=O) groups is 1. The van der Waals surface area contributed by atoms with Crippen molar-refractivity contribution in [1.82, 2.24) is 0 Å². The van der Waals surface area contributed by atoms with Crippen molar-refractivity contribution in [2.45, 2.75) is 46.0 Å². The van der Waals surface area contributed by atoms with Crippen LogP contribution in [-0.4, -0.2) is 6.29 Å². The lowest BCUT2D eigenvalue weighted by molar-refractivity contribution is -0.105. The smallest absolute Gasteiger partial charge is 0.146 e. The SMILES string of the molecule is CCC=CCCC=C(C=O)CC=CCC. The van der Waals surface area contributed by atoms with Gasteiger partial charge in [-0.25, -0.2) is 0 Å². The van der Waals surface area contributed by atoms with Crippen molar-refractivity contribution >= 4 is 6.29 Å². The van der Waals surface area contributed by atoms with Crippen molar-refractivity contribution in [2.24, 2.45) is 0 Å². The van der Waals surface area contributed by atoms with Crippen molar-refractivity contribution in [3.63, 3.8) is 0 Å². The summed E-state index contributed by atoms with van der Waals surface area (Å²) in [6, 6.07) is 0. The maximum Gasteiger partial charge on any atom is 0.146 e. The predicted molar refractivity (Wildman–Crippen MR) is 66.9 cm³/mol. The fourth-order valence-electron chi connectivity index (χ4n) is 1.22. The largest absolute Gasteiger partial charge is 0.298 e. The molecule has 0 saturated carbocycles. The van der Waals surface area contributed by atoms with Gasteiger partial charge in [-0.2, -0.15) is 0 Å². The van der Waals surface area contributed by atoms with Crippen LogP contribution in [0.15, 0.2) is 36.0 Å². The molecule has 0 aromatic carbocycles. The number of rotatable bonds is 8. The van der Waals surface area contributed by atoms with Gasteiger partial charge in [0, 0.05) is 0 Å². The van der Waals surface area contributed by atoms with Gasteiger partial charge in [0.1, 0.15) is 6.29 Å². The molecule has 0 unspecified atom stereocenters. The summed E-state index contributed by atoms with van der Waals surface area (Å²) in [5, 5.41) is 0. The van der Waals surface area contributed by atoms with Crippen LogP contribution < -0.4 is 0 Å². The second-order valence-electron chi connectivity index (χ2n) is 3.44. The van der Waals surface area contributed by atoms with Crippen LogP contribution in [0.25, 0.3) is 0 Å². The summed E-state index contributed by atoms with van der Waals surface area (Å²) in [6.07, 6.45) is 16.4. The van der Waals surface area contributed by atoms with Gasteiger partial charge < -0.3 is 0 Å². The molecule has 0 aliphatic heterocycles. The van der Waals surface area contributed by atoms with Crippen molar-refractivity contribution in [3.05, 3.63) is 36.0 Å². The molecule has 0 atom stereocenters. The molecule has 15 heavy (non-hydrogen) atoms. The van der Waals surface area contributed by atoms with E-state index in [2.05, 4.69) is 38.2 Å². The molecule has 0 amide bonds. The van der Waals surface area contributed by atoms with Gasteiger partial charge in [-0.1, -0.05) is 44.2 Å². The summed E-state index contributed by atoms with van der Waals surface area (Å²) >= 11 is 0. The second kappa shape index (κ2) is 11.0. The Kier molecular flexibility index (Phi) is 10.2. The Labute approximate surface area is 93.6 Å². The molecule has 1 heteroatoms. The van der Waals surface area contributed by atoms with Crippen molar-refractivity contribution in [2.75, 3.05) is 0 Å². The first kappa shape index (κ1) is 13.9. The van der Waals surface area contributed by atoms with E-state index in [1.807, 2.05) is 6.08 Å². The van der Waals surface area contributed by atoms with Crippen LogP contribution >= 0.6 is 0 Å². The van der Waals surface area contributed by atoms with Crippen LogP contribution in [0.5, 0.6) is 0 Å². The van der Waals surface area contributed by atoms with Crippen molar-refractivity contribution in [3.8, 4) is 0 Å². The summed E-state index contributed by atoms with van der Waals surface area (Å²) < 4.78 is 0. The van der Waals surface area contributed by atoms with Crippen LogP contribution in [0.2, 0.25) is 0 Å². The van der Waals surface area contributed by atoms with Gasteiger partial charge >= 0.3 is 0 Å². The highest BCUT2D eigenvalue weighted by Crippen LogP contribution is 2.04. The Bertz CT molecular complexity index is 234. The zero-order valence-electron chi connectivity index (χ0n) is 9.91. The molecule has 0 aromatic heterocycles. The minimum atomic E-state index is 0.773. The molecule has 0 fully saturated rings. The van der Waals surface area contributed by atoms with Gasteiger partial charge in [0.25, 0.3) is 0 Å². The number of aldehydes is 1. The zero-order chi connectivity index (χ0) is 11.4. The van der Waals surface area contributed by atoms with Crippen LogP contribution in [-0.2, 0) is 4.79 Å².